The third kappa shape index (κ3) is 4.45. The van der Waals surface area contributed by atoms with E-state index in [1.54, 1.807) is 0 Å². The van der Waals surface area contributed by atoms with Crippen molar-refractivity contribution in [2.24, 2.45) is 0 Å². The number of rotatable bonds is 5. The minimum atomic E-state index is 0.536. The lowest BCUT2D eigenvalue weighted by atomic mass is 10.1. The van der Waals surface area contributed by atoms with Crippen molar-refractivity contribution >= 4 is 5.69 Å². The molecule has 3 nitrogen and oxygen atoms in total. The van der Waals surface area contributed by atoms with Crippen LogP contribution in [-0.2, 0) is 6.54 Å². The number of nitrogens with zero attached hydrogens (tertiary/aromatic N) is 2. The summed E-state index contributed by atoms with van der Waals surface area (Å²) in [5.74, 6) is 0. The molecule has 1 aromatic carbocycles. The summed E-state index contributed by atoms with van der Waals surface area (Å²) in [6, 6.07) is 8.11. The number of piperazine rings is 1. The fourth-order valence-corrected chi connectivity index (χ4v) is 2.98. The molecule has 2 rings (SSSR count). The van der Waals surface area contributed by atoms with Gasteiger partial charge in [-0.25, -0.2) is 0 Å². The molecular weight excluding hydrogens is 258 g/mol. The monoisotopic (exact) mass is 289 g/mol. The van der Waals surface area contributed by atoms with Crippen LogP contribution in [0.25, 0.3) is 0 Å². The predicted octanol–water partition coefficient (Wildman–Crippen LogP) is 3.02. The van der Waals surface area contributed by atoms with Crippen LogP contribution < -0.4 is 10.2 Å². The Morgan fingerprint density at radius 1 is 1.05 bits per heavy atom. The van der Waals surface area contributed by atoms with E-state index in [4.69, 9.17) is 0 Å². The zero-order chi connectivity index (χ0) is 15.4. The van der Waals surface area contributed by atoms with Gasteiger partial charge >= 0.3 is 0 Å². The van der Waals surface area contributed by atoms with E-state index in [1.165, 1.54) is 29.9 Å². The molecule has 1 aliphatic heterocycles. The molecule has 0 radical (unpaired) electrons. The Labute approximate surface area is 130 Å². The number of benzene rings is 1. The molecule has 1 N–H and O–H groups in total. The van der Waals surface area contributed by atoms with E-state index in [9.17, 15) is 0 Å². The van der Waals surface area contributed by atoms with E-state index < -0.39 is 0 Å². The fourth-order valence-electron chi connectivity index (χ4n) is 2.98. The summed E-state index contributed by atoms with van der Waals surface area (Å²) >= 11 is 0. The van der Waals surface area contributed by atoms with Crippen LogP contribution in [0.4, 0.5) is 5.69 Å². The van der Waals surface area contributed by atoms with Gasteiger partial charge in [0.05, 0.1) is 0 Å². The standard InChI is InChI=1S/C18H31N3/c1-14(2)19-13-17-6-7-18(16(5)12-17)21-10-8-20(9-11-21)15(3)4/h6-7,12,14-15,19H,8-11,13H2,1-5H3. The lowest BCUT2D eigenvalue weighted by Gasteiger charge is -2.38. The lowest BCUT2D eigenvalue weighted by molar-refractivity contribution is 0.209. The van der Waals surface area contributed by atoms with E-state index in [0.29, 0.717) is 12.1 Å². The van der Waals surface area contributed by atoms with Gasteiger partial charge in [-0.05, 0) is 38.0 Å². The lowest BCUT2D eigenvalue weighted by Crippen LogP contribution is -2.49. The smallest absolute Gasteiger partial charge is 0.0397 e. The van der Waals surface area contributed by atoms with Crippen molar-refractivity contribution in [3.05, 3.63) is 29.3 Å². The molecule has 0 amide bonds. The largest absolute Gasteiger partial charge is 0.369 e. The van der Waals surface area contributed by atoms with Crippen LogP contribution in [0, 0.1) is 6.92 Å². The molecule has 1 aliphatic rings. The van der Waals surface area contributed by atoms with Gasteiger partial charge in [0.15, 0.2) is 0 Å². The first-order valence-electron chi connectivity index (χ1n) is 8.29. The van der Waals surface area contributed by atoms with E-state index in [2.05, 4.69) is 67.9 Å². The summed E-state index contributed by atoms with van der Waals surface area (Å²) in [6.45, 7) is 16.8. The molecule has 0 spiro atoms. The maximum atomic E-state index is 3.49. The Morgan fingerprint density at radius 2 is 1.71 bits per heavy atom. The van der Waals surface area contributed by atoms with Crippen molar-refractivity contribution in [1.82, 2.24) is 10.2 Å². The average Bonchev–Trinajstić information content (AvgIpc) is 2.45. The van der Waals surface area contributed by atoms with Gasteiger partial charge in [0.2, 0.25) is 0 Å². The molecule has 0 aromatic heterocycles. The number of hydrogen-bond donors (Lipinski definition) is 1. The Balaban J connectivity index is 1.98. The molecule has 1 saturated heterocycles. The summed E-state index contributed by atoms with van der Waals surface area (Å²) in [5.41, 5.74) is 4.19. The molecule has 1 heterocycles. The first kappa shape index (κ1) is 16.3. The van der Waals surface area contributed by atoms with Gasteiger partial charge in [0.1, 0.15) is 0 Å². The van der Waals surface area contributed by atoms with Crippen LogP contribution in [0.1, 0.15) is 38.8 Å². The van der Waals surface area contributed by atoms with Crippen molar-refractivity contribution in [2.75, 3.05) is 31.1 Å². The Hall–Kier alpha value is -1.06. The molecular formula is C18H31N3. The summed E-state index contributed by atoms with van der Waals surface area (Å²) in [6.07, 6.45) is 0. The maximum Gasteiger partial charge on any atom is 0.0397 e. The van der Waals surface area contributed by atoms with Crippen molar-refractivity contribution in [2.45, 2.75) is 53.2 Å². The quantitative estimate of drug-likeness (QED) is 0.899. The van der Waals surface area contributed by atoms with E-state index in [0.717, 1.165) is 19.6 Å². The van der Waals surface area contributed by atoms with Crippen LogP contribution in [0.3, 0.4) is 0 Å². The van der Waals surface area contributed by atoms with Crippen LogP contribution in [0.15, 0.2) is 18.2 Å². The first-order valence-corrected chi connectivity index (χ1v) is 8.29. The van der Waals surface area contributed by atoms with Crippen molar-refractivity contribution < 1.29 is 0 Å². The van der Waals surface area contributed by atoms with Gasteiger partial charge in [-0.15, -0.1) is 0 Å². The highest BCUT2D eigenvalue weighted by atomic mass is 15.3. The Morgan fingerprint density at radius 3 is 2.24 bits per heavy atom. The molecule has 21 heavy (non-hydrogen) atoms. The van der Waals surface area contributed by atoms with Crippen molar-refractivity contribution in [3.63, 3.8) is 0 Å². The normalized spacial score (nSPS) is 17.0. The van der Waals surface area contributed by atoms with Gasteiger partial charge in [-0.2, -0.15) is 0 Å². The third-order valence-electron chi connectivity index (χ3n) is 4.36. The topological polar surface area (TPSA) is 18.5 Å². The second-order valence-corrected chi connectivity index (χ2v) is 6.77. The Kier molecular flexibility index (Phi) is 5.65. The molecule has 1 fully saturated rings. The molecule has 3 heteroatoms. The minimum absolute atomic E-state index is 0.536. The minimum Gasteiger partial charge on any atom is -0.369 e. The van der Waals surface area contributed by atoms with Gasteiger partial charge in [0.25, 0.3) is 0 Å². The van der Waals surface area contributed by atoms with E-state index in [1.807, 2.05) is 0 Å². The van der Waals surface area contributed by atoms with Crippen LogP contribution in [0.5, 0.6) is 0 Å². The van der Waals surface area contributed by atoms with Gasteiger partial charge in [-0.3, -0.25) is 4.90 Å². The molecule has 1 aromatic rings. The first-order chi connectivity index (χ1) is 9.97. The highest BCUT2D eigenvalue weighted by Gasteiger charge is 2.19. The molecule has 118 valence electrons. The van der Waals surface area contributed by atoms with E-state index >= 15 is 0 Å². The SMILES string of the molecule is Cc1cc(CNC(C)C)ccc1N1CCN(C(C)C)CC1. The molecule has 0 unspecified atom stereocenters. The zero-order valence-electron chi connectivity index (χ0n) is 14.3. The second-order valence-electron chi connectivity index (χ2n) is 6.77. The zero-order valence-corrected chi connectivity index (χ0v) is 14.3. The second kappa shape index (κ2) is 7.28. The highest BCUT2D eigenvalue weighted by Crippen LogP contribution is 2.23. The Bertz CT molecular complexity index is 446. The maximum absolute atomic E-state index is 3.49. The predicted molar refractivity (Wildman–Crippen MR) is 92.1 cm³/mol. The fraction of sp³-hybridized carbons (Fsp3) is 0.667. The van der Waals surface area contributed by atoms with Crippen molar-refractivity contribution in [1.29, 1.82) is 0 Å². The van der Waals surface area contributed by atoms with Gasteiger partial charge < -0.3 is 10.2 Å². The number of aryl methyl sites for hydroxylation is 1. The molecule has 0 bridgehead atoms. The van der Waals surface area contributed by atoms with Crippen LogP contribution >= 0.6 is 0 Å². The van der Waals surface area contributed by atoms with Gasteiger partial charge in [-0.1, -0.05) is 26.0 Å². The number of nitrogens with one attached hydrogen (secondary N) is 1. The number of hydrogen-bond acceptors (Lipinski definition) is 3. The van der Waals surface area contributed by atoms with E-state index in [-0.39, 0.29) is 0 Å². The number of anilines is 1. The highest BCUT2D eigenvalue weighted by molar-refractivity contribution is 5.54. The average molecular weight is 289 g/mol. The molecule has 0 aliphatic carbocycles. The van der Waals surface area contributed by atoms with Crippen LogP contribution in [-0.4, -0.2) is 43.2 Å². The summed E-state index contributed by atoms with van der Waals surface area (Å²) < 4.78 is 0. The molecule has 0 saturated carbocycles. The van der Waals surface area contributed by atoms with Gasteiger partial charge in [0, 0.05) is 50.5 Å². The summed E-state index contributed by atoms with van der Waals surface area (Å²) in [5, 5.41) is 3.49. The summed E-state index contributed by atoms with van der Waals surface area (Å²) in [7, 11) is 0. The van der Waals surface area contributed by atoms with Crippen LogP contribution in [0.2, 0.25) is 0 Å². The third-order valence-corrected chi connectivity index (χ3v) is 4.36. The van der Waals surface area contributed by atoms with Crippen molar-refractivity contribution in [3.8, 4) is 0 Å². The summed E-state index contributed by atoms with van der Waals surface area (Å²) in [4.78, 5) is 5.10. The molecule has 0 atom stereocenters.